The van der Waals surface area contributed by atoms with Gasteiger partial charge in [-0.15, -0.1) is 0 Å². The minimum Gasteiger partial charge on any atom is -0.361 e. The largest absolute Gasteiger partial charge is 0.390 e. The SMILES string of the molecule is Fc1ccc2nc(NCCC(F)(F)F)sc2c1. The van der Waals surface area contributed by atoms with Gasteiger partial charge in [0.15, 0.2) is 5.13 Å². The highest BCUT2D eigenvalue weighted by molar-refractivity contribution is 7.22. The quantitative estimate of drug-likeness (QED) is 0.853. The molecule has 1 N–H and O–H groups in total. The fourth-order valence-corrected chi connectivity index (χ4v) is 2.20. The van der Waals surface area contributed by atoms with Crippen molar-refractivity contribution in [2.24, 2.45) is 0 Å². The second-order valence-electron chi connectivity index (χ2n) is 3.42. The van der Waals surface area contributed by atoms with E-state index in [0.717, 1.165) is 11.3 Å². The van der Waals surface area contributed by atoms with Gasteiger partial charge in [-0.05, 0) is 18.2 Å². The summed E-state index contributed by atoms with van der Waals surface area (Å²) in [5.74, 6) is -0.386. The van der Waals surface area contributed by atoms with Crippen molar-refractivity contribution in [1.29, 1.82) is 0 Å². The minimum atomic E-state index is -4.18. The van der Waals surface area contributed by atoms with Gasteiger partial charge in [-0.2, -0.15) is 13.2 Å². The van der Waals surface area contributed by atoms with E-state index in [1.54, 1.807) is 0 Å². The van der Waals surface area contributed by atoms with Crippen LogP contribution in [-0.2, 0) is 0 Å². The Bertz CT molecular complexity index is 520. The summed E-state index contributed by atoms with van der Waals surface area (Å²) < 4.78 is 49.2. The zero-order valence-electron chi connectivity index (χ0n) is 8.51. The van der Waals surface area contributed by atoms with E-state index in [4.69, 9.17) is 0 Å². The van der Waals surface area contributed by atoms with E-state index in [1.165, 1.54) is 18.2 Å². The highest BCUT2D eigenvalue weighted by Crippen LogP contribution is 2.27. The van der Waals surface area contributed by atoms with Gasteiger partial charge in [0.05, 0.1) is 16.6 Å². The lowest BCUT2D eigenvalue weighted by Crippen LogP contribution is -2.14. The molecule has 2 rings (SSSR count). The second-order valence-corrected chi connectivity index (χ2v) is 4.45. The Kier molecular flexibility index (Phi) is 3.19. The van der Waals surface area contributed by atoms with E-state index in [2.05, 4.69) is 10.3 Å². The van der Waals surface area contributed by atoms with E-state index in [-0.39, 0.29) is 12.4 Å². The summed E-state index contributed by atoms with van der Waals surface area (Å²) in [6, 6.07) is 4.07. The van der Waals surface area contributed by atoms with Crippen LogP contribution in [0.1, 0.15) is 6.42 Å². The Hall–Kier alpha value is -1.37. The smallest absolute Gasteiger partial charge is 0.361 e. The number of nitrogens with one attached hydrogen (secondary N) is 1. The molecule has 0 radical (unpaired) electrons. The van der Waals surface area contributed by atoms with Gasteiger partial charge in [0.1, 0.15) is 5.82 Å². The molecule has 1 aromatic heterocycles. The van der Waals surface area contributed by atoms with Crippen LogP contribution in [0.25, 0.3) is 10.2 Å². The van der Waals surface area contributed by atoms with Gasteiger partial charge in [0.25, 0.3) is 0 Å². The first-order chi connectivity index (χ1) is 7.94. The van der Waals surface area contributed by atoms with Crippen LogP contribution >= 0.6 is 11.3 Å². The summed E-state index contributed by atoms with van der Waals surface area (Å²) >= 11 is 1.13. The molecule has 7 heteroatoms. The number of hydrogen-bond donors (Lipinski definition) is 1. The predicted octanol–water partition coefficient (Wildman–Crippen LogP) is 3.80. The molecule has 0 saturated heterocycles. The zero-order chi connectivity index (χ0) is 12.5. The molecule has 2 aromatic rings. The van der Waals surface area contributed by atoms with Crippen molar-refractivity contribution in [3.8, 4) is 0 Å². The Balaban J connectivity index is 2.05. The van der Waals surface area contributed by atoms with E-state index in [0.29, 0.717) is 15.3 Å². The van der Waals surface area contributed by atoms with E-state index in [9.17, 15) is 17.6 Å². The monoisotopic (exact) mass is 264 g/mol. The van der Waals surface area contributed by atoms with Crippen molar-refractivity contribution in [2.75, 3.05) is 11.9 Å². The van der Waals surface area contributed by atoms with Gasteiger partial charge in [0.2, 0.25) is 0 Å². The molecule has 0 atom stereocenters. The fraction of sp³-hybridized carbons (Fsp3) is 0.300. The van der Waals surface area contributed by atoms with Crippen molar-refractivity contribution >= 4 is 26.7 Å². The minimum absolute atomic E-state index is 0.230. The normalized spacial score (nSPS) is 12.0. The number of nitrogens with zero attached hydrogens (tertiary/aromatic N) is 1. The molecule has 17 heavy (non-hydrogen) atoms. The van der Waals surface area contributed by atoms with Crippen molar-refractivity contribution in [3.63, 3.8) is 0 Å². The number of rotatable bonds is 3. The van der Waals surface area contributed by atoms with Gasteiger partial charge in [-0.3, -0.25) is 0 Å². The van der Waals surface area contributed by atoms with Crippen LogP contribution in [0.5, 0.6) is 0 Å². The number of anilines is 1. The summed E-state index contributed by atoms with van der Waals surface area (Å²) in [7, 11) is 0. The van der Waals surface area contributed by atoms with Crippen molar-refractivity contribution in [3.05, 3.63) is 24.0 Å². The topological polar surface area (TPSA) is 24.9 Å². The van der Waals surface area contributed by atoms with Crippen molar-refractivity contribution < 1.29 is 17.6 Å². The number of fused-ring (bicyclic) bond motifs is 1. The van der Waals surface area contributed by atoms with Crippen LogP contribution in [0.15, 0.2) is 18.2 Å². The molecule has 0 spiro atoms. The molecule has 0 aliphatic rings. The zero-order valence-corrected chi connectivity index (χ0v) is 9.33. The Labute approximate surface area is 98.3 Å². The molecule has 0 amide bonds. The molecule has 0 bridgehead atoms. The van der Waals surface area contributed by atoms with Gasteiger partial charge in [0, 0.05) is 6.54 Å². The molecule has 0 aliphatic heterocycles. The first-order valence-electron chi connectivity index (χ1n) is 4.81. The summed E-state index contributed by atoms with van der Waals surface area (Å²) in [6.07, 6.45) is -5.10. The standard InChI is InChI=1S/C10H8F4N2S/c11-6-1-2-7-8(5-6)17-9(16-7)15-4-3-10(12,13)14/h1-2,5H,3-4H2,(H,15,16). The van der Waals surface area contributed by atoms with Crippen LogP contribution < -0.4 is 5.32 Å². The van der Waals surface area contributed by atoms with Crippen molar-refractivity contribution in [2.45, 2.75) is 12.6 Å². The maximum atomic E-state index is 12.9. The number of alkyl halides is 3. The van der Waals surface area contributed by atoms with Crippen LogP contribution in [0.4, 0.5) is 22.7 Å². The third-order valence-electron chi connectivity index (χ3n) is 2.04. The van der Waals surface area contributed by atoms with E-state index >= 15 is 0 Å². The van der Waals surface area contributed by atoms with Crippen LogP contribution in [-0.4, -0.2) is 17.7 Å². The summed E-state index contributed by atoms with van der Waals surface area (Å²) in [5, 5.41) is 2.95. The van der Waals surface area contributed by atoms with E-state index in [1.807, 2.05) is 0 Å². The molecule has 1 aromatic carbocycles. The number of aromatic nitrogens is 1. The molecule has 92 valence electrons. The molecule has 0 aliphatic carbocycles. The van der Waals surface area contributed by atoms with Gasteiger partial charge >= 0.3 is 6.18 Å². The van der Waals surface area contributed by atoms with Crippen molar-refractivity contribution in [1.82, 2.24) is 4.98 Å². The predicted molar refractivity (Wildman–Crippen MR) is 58.7 cm³/mol. The lowest BCUT2D eigenvalue weighted by Gasteiger charge is -2.05. The third kappa shape index (κ3) is 3.29. The molecule has 1 heterocycles. The van der Waals surface area contributed by atoms with Gasteiger partial charge < -0.3 is 5.32 Å². The maximum absolute atomic E-state index is 12.9. The maximum Gasteiger partial charge on any atom is 0.390 e. The van der Waals surface area contributed by atoms with Crippen LogP contribution in [0, 0.1) is 5.82 Å². The molecule has 2 nitrogen and oxygen atoms in total. The molecular formula is C10H8F4N2S. The highest BCUT2D eigenvalue weighted by atomic mass is 32.1. The summed E-state index contributed by atoms with van der Waals surface area (Å²) in [5.41, 5.74) is 0.575. The average molecular weight is 264 g/mol. The molecule has 0 fully saturated rings. The molecule has 0 unspecified atom stereocenters. The first-order valence-corrected chi connectivity index (χ1v) is 5.62. The molecular weight excluding hydrogens is 256 g/mol. The number of halogens is 4. The Morgan fingerprint density at radius 1 is 1.29 bits per heavy atom. The Morgan fingerprint density at radius 2 is 2.06 bits per heavy atom. The fourth-order valence-electron chi connectivity index (χ4n) is 1.29. The van der Waals surface area contributed by atoms with Crippen LogP contribution in [0.3, 0.4) is 0 Å². The lowest BCUT2D eigenvalue weighted by atomic mass is 10.3. The van der Waals surface area contributed by atoms with Crippen LogP contribution in [0.2, 0.25) is 0 Å². The number of benzene rings is 1. The summed E-state index contributed by atoms with van der Waals surface area (Å²) in [4.78, 5) is 4.05. The lowest BCUT2D eigenvalue weighted by molar-refractivity contribution is -0.131. The average Bonchev–Trinajstić information content (AvgIpc) is 2.57. The summed E-state index contributed by atoms with van der Waals surface area (Å²) in [6.45, 7) is -0.230. The Morgan fingerprint density at radius 3 is 2.76 bits per heavy atom. The molecule has 0 saturated carbocycles. The second kappa shape index (κ2) is 4.48. The van der Waals surface area contributed by atoms with Gasteiger partial charge in [-0.1, -0.05) is 11.3 Å². The number of hydrogen-bond acceptors (Lipinski definition) is 3. The number of thiazole rings is 1. The first kappa shape index (κ1) is 12.1. The highest BCUT2D eigenvalue weighted by Gasteiger charge is 2.26. The van der Waals surface area contributed by atoms with Gasteiger partial charge in [-0.25, -0.2) is 9.37 Å². The third-order valence-corrected chi connectivity index (χ3v) is 3.01. The van der Waals surface area contributed by atoms with E-state index < -0.39 is 12.6 Å².